The molecule has 4 nitrogen and oxygen atoms in total. The van der Waals surface area contributed by atoms with Gasteiger partial charge in [0.05, 0.1) is 0 Å². The summed E-state index contributed by atoms with van der Waals surface area (Å²) in [5.74, 6) is 0. The van der Waals surface area contributed by atoms with E-state index in [-0.39, 0.29) is 4.48 Å². The number of ether oxygens (including phenoxy) is 1. The van der Waals surface area contributed by atoms with Crippen LogP contribution in [0.1, 0.15) is 20.8 Å². The molecule has 1 aliphatic rings. The van der Waals surface area contributed by atoms with Crippen LogP contribution in [0, 0.1) is 12.5 Å². The molecule has 15 heavy (non-hydrogen) atoms. The number of hydrogen-bond acceptors (Lipinski definition) is 3. The molecule has 0 bridgehead atoms. The zero-order valence-corrected chi connectivity index (χ0v) is 9.23. The Bertz CT molecular complexity index is 358. The molecule has 1 atom stereocenters. The number of carbonyl (C=O) groups is 1. The minimum atomic E-state index is -0.547. The van der Waals surface area contributed by atoms with Crippen molar-refractivity contribution in [3.63, 3.8) is 0 Å². The monoisotopic (exact) mass is 207 g/mol. The molecule has 4 heteroatoms. The number of nitrogens with zero attached hydrogens (tertiary/aromatic N) is 2. The standard InChI is InChI=1S/C11H15N2O2/c1-5-13(8-6-7-12-9-13)10(14)15-11(2,3)4/h1,6-7,9H,8H2,2-4H3/q+1/t13-/m1/s1. The number of terminal acetylenes is 1. The molecule has 80 valence electrons. The van der Waals surface area contributed by atoms with Crippen molar-refractivity contribution in [1.29, 1.82) is 0 Å². The second kappa shape index (κ2) is 3.87. The van der Waals surface area contributed by atoms with Gasteiger partial charge in [-0.15, -0.1) is 4.48 Å². The highest BCUT2D eigenvalue weighted by molar-refractivity contribution is 5.73. The lowest BCUT2D eigenvalue weighted by Gasteiger charge is -2.26. The van der Waals surface area contributed by atoms with Gasteiger partial charge in [-0.25, -0.2) is 4.99 Å². The van der Waals surface area contributed by atoms with E-state index in [1.165, 1.54) is 6.34 Å². The van der Waals surface area contributed by atoms with E-state index >= 15 is 0 Å². The van der Waals surface area contributed by atoms with Crippen molar-refractivity contribution in [3.8, 4) is 12.5 Å². The van der Waals surface area contributed by atoms with Crippen molar-refractivity contribution < 1.29 is 14.0 Å². The first kappa shape index (κ1) is 11.5. The molecular weight excluding hydrogens is 192 g/mol. The Labute approximate surface area is 89.8 Å². The third-order valence-corrected chi connectivity index (χ3v) is 1.80. The molecule has 0 N–H and O–H groups in total. The van der Waals surface area contributed by atoms with Gasteiger partial charge in [-0.3, -0.25) is 0 Å². The van der Waals surface area contributed by atoms with Crippen molar-refractivity contribution in [2.45, 2.75) is 26.4 Å². The van der Waals surface area contributed by atoms with Crippen LogP contribution in [0.15, 0.2) is 17.3 Å². The predicted octanol–water partition coefficient (Wildman–Crippen LogP) is 1.88. The molecular formula is C11H15N2O2+. The summed E-state index contributed by atoms with van der Waals surface area (Å²) in [7, 11) is 0. The Kier molecular flexibility index (Phi) is 2.96. The zero-order chi connectivity index (χ0) is 11.5. The van der Waals surface area contributed by atoms with Crippen LogP contribution in [-0.2, 0) is 4.74 Å². The van der Waals surface area contributed by atoms with Gasteiger partial charge in [-0.05, 0) is 26.8 Å². The summed E-state index contributed by atoms with van der Waals surface area (Å²) in [5.41, 5.74) is -0.547. The second-order valence-corrected chi connectivity index (χ2v) is 4.31. The molecule has 1 heterocycles. The molecule has 1 rings (SSSR count). The molecule has 0 saturated carbocycles. The summed E-state index contributed by atoms with van der Waals surface area (Å²) in [6, 6.07) is 2.40. The van der Waals surface area contributed by atoms with Gasteiger partial charge in [0.25, 0.3) is 0 Å². The Balaban J connectivity index is 2.86. The number of rotatable bonds is 0. The Morgan fingerprint density at radius 3 is 2.67 bits per heavy atom. The number of quaternary nitrogens is 1. The first-order valence-electron chi connectivity index (χ1n) is 4.68. The SMILES string of the molecule is C#C[N@+]1(C(=O)OC(C)(C)C)C=NC=CC1. The summed E-state index contributed by atoms with van der Waals surface area (Å²) >= 11 is 0. The molecule has 0 unspecified atom stereocenters. The lowest BCUT2D eigenvalue weighted by molar-refractivity contribution is -0.680. The maximum Gasteiger partial charge on any atom is 0.536 e. The topological polar surface area (TPSA) is 38.7 Å². The first-order valence-corrected chi connectivity index (χ1v) is 4.68. The van der Waals surface area contributed by atoms with Crippen LogP contribution in [0.5, 0.6) is 0 Å². The van der Waals surface area contributed by atoms with E-state index < -0.39 is 11.7 Å². The maximum atomic E-state index is 11.8. The van der Waals surface area contributed by atoms with Crippen LogP contribution in [0.2, 0.25) is 0 Å². The van der Waals surface area contributed by atoms with Gasteiger partial charge in [0.2, 0.25) is 6.34 Å². The second-order valence-electron chi connectivity index (χ2n) is 4.31. The Morgan fingerprint density at radius 2 is 2.27 bits per heavy atom. The number of aliphatic imine (C=N–C) groups is 1. The largest absolute Gasteiger partial charge is 0.536 e. The Hall–Kier alpha value is -1.60. The number of hydrogen-bond donors (Lipinski definition) is 0. The molecule has 0 aromatic heterocycles. The van der Waals surface area contributed by atoms with E-state index in [0.29, 0.717) is 6.54 Å². The van der Waals surface area contributed by atoms with Crippen molar-refractivity contribution >= 4 is 12.4 Å². The van der Waals surface area contributed by atoms with Gasteiger partial charge in [0.15, 0.2) is 6.04 Å². The van der Waals surface area contributed by atoms with Crippen LogP contribution >= 0.6 is 0 Å². The maximum absolute atomic E-state index is 11.8. The summed E-state index contributed by atoms with van der Waals surface area (Å²) in [4.78, 5) is 15.7. The van der Waals surface area contributed by atoms with Gasteiger partial charge in [0.1, 0.15) is 12.1 Å². The first-order chi connectivity index (χ1) is 6.90. The minimum Gasteiger partial charge on any atom is -0.413 e. The van der Waals surface area contributed by atoms with E-state index in [1.54, 1.807) is 33.0 Å². The molecule has 0 fully saturated rings. The molecule has 0 radical (unpaired) electrons. The van der Waals surface area contributed by atoms with Crippen LogP contribution in [0.25, 0.3) is 0 Å². The van der Waals surface area contributed by atoms with Crippen molar-refractivity contribution in [2.24, 2.45) is 4.99 Å². The number of carbonyl (C=O) groups excluding carboxylic acids is 1. The van der Waals surface area contributed by atoms with Crippen molar-refractivity contribution in [3.05, 3.63) is 12.3 Å². The molecule has 0 aromatic rings. The molecule has 1 amide bonds. The van der Waals surface area contributed by atoms with E-state index in [1.807, 2.05) is 0 Å². The number of amides is 1. The summed E-state index contributed by atoms with van der Waals surface area (Å²) in [6.45, 7) is 5.79. The average Bonchev–Trinajstić information content (AvgIpc) is 2.16. The van der Waals surface area contributed by atoms with Crippen molar-refractivity contribution in [2.75, 3.05) is 6.54 Å². The molecule has 0 spiro atoms. The highest BCUT2D eigenvalue weighted by Gasteiger charge is 2.39. The van der Waals surface area contributed by atoms with E-state index in [0.717, 1.165) is 0 Å². The van der Waals surface area contributed by atoms with Gasteiger partial charge in [-0.1, -0.05) is 6.42 Å². The van der Waals surface area contributed by atoms with Gasteiger partial charge in [0, 0.05) is 6.20 Å². The molecule has 0 aliphatic carbocycles. The molecule has 0 aromatic carbocycles. The van der Waals surface area contributed by atoms with Gasteiger partial charge < -0.3 is 4.74 Å². The average molecular weight is 207 g/mol. The third-order valence-electron chi connectivity index (χ3n) is 1.80. The zero-order valence-electron chi connectivity index (χ0n) is 9.23. The van der Waals surface area contributed by atoms with Crippen LogP contribution in [0.3, 0.4) is 0 Å². The van der Waals surface area contributed by atoms with Crippen LogP contribution in [0.4, 0.5) is 4.79 Å². The van der Waals surface area contributed by atoms with E-state index in [9.17, 15) is 4.79 Å². The van der Waals surface area contributed by atoms with Crippen LogP contribution < -0.4 is 0 Å². The molecule has 0 saturated heterocycles. The fraction of sp³-hybridized carbons (Fsp3) is 0.455. The summed E-state index contributed by atoms with van der Waals surface area (Å²) in [5, 5.41) is 0. The Morgan fingerprint density at radius 1 is 1.60 bits per heavy atom. The quantitative estimate of drug-likeness (QED) is 0.449. The fourth-order valence-electron chi connectivity index (χ4n) is 1.08. The highest BCUT2D eigenvalue weighted by Crippen LogP contribution is 2.15. The van der Waals surface area contributed by atoms with Crippen molar-refractivity contribution in [1.82, 2.24) is 0 Å². The summed E-state index contributed by atoms with van der Waals surface area (Å²) in [6.07, 6.45) is 9.64. The lowest BCUT2D eigenvalue weighted by atomic mass is 10.2. The lowest BCUT2D eigenvalue weighted by Crippen LogP contribution is -2.50. The van der Waals surface area contributed by atoms with E-state index in [2.05, 4.69) is 11.0 Å². The normalized spacial score (nSPS) is 24.7. The molecule has 1 aliphatic heterocycles. The van der Waals surface area contributed by atoms with Gasteiger partial charge in [-0.2, -0.15) is 4.79 Å². The minimum absolute atomic E-state index is 0.326. The van der Waals surface area contributed by atoms with Crippen LogP contribution in [-0.4, -0.2) is 29.1 Å². The predicted molar refractivity (Wildman–Crippen MR) is 57.8 cm³/mol. The van der Waals surface area contributed by atoms with E-state index in [4.69, 9.17) is 11.2 Å². The van der Waals surface area contributed by atoms with Gasteiger partial charge >= 0.3 is 6.09 Å². The smallest absolute Gasteiger partial charge is 0.413 e. The summed E-state index contributed by atoms with van der Waals surface area (Å²) < 4.78 is 4.91. The highest BCUT2D eigenvalue weighted by atomic mass is 16.6. The third kappa shape index (κ3) is 2.67. The fourth-order valence-corrected chi connectivity index (χ4v) is 1.08.